The van der Waals surface area contributed by atoms with Gasteiger partial charge in [0.15, 0.2) is 0 Å². The molecule has 0 radical (unpaired) electrons. The molecule has 1 N–H and O–H groups in total. The van der Waals surface area contributed by atoms with Gasteiger partial charge in [0.05, 0.1) is 17.2 Å². The molecule has 41 heavy (non-hydrogen) atoms. The van der Waals surface area contributed by atoms with Crippen molar-refractivity contribution < 1.29 is 22.7 Å². The molecule has 1 saturated carbocycles. The van der Waals surface area contributed by atoms with E-state index in [0.29, 0.717) is 23.1 Å². The van der Waals surface area contributed by atoms with Gasteiger partial charge in [-0.25, -0.2) is 8.42 Å². The van der Waals surface area contributed by atoms with Crippen LogP contribution in [0.25, 0.3) is 0 Å². The highest BCUT2D eigenvalue weighted by Crippen LogP contribution is 2.27. The molecule has 0 heterocycles. The van der Waals surface area contributed by atoms with Crippen molar-refractivity contribution >= 4 is 39.1 Å². The average molecular weight is 598 g/mol. The fraction of sp³-hybridized carbons (Fsp3) is 0.355. The Morgan fingerprint density at radius 3 is 2.32 bits per heavy atom. The molecule has 3 aromatic carbocycles. The van der Waals surface area contributed by atoms with Crippen molar-refractivity contribution in [1.29, 1.82) is 0 Å². The van der Waals surface area contributed by atoms with E-state index in [4.69, 9.17) is 16.3 Å². The summed E-state index contributed by atoms with van der Waals surface area (Å²) in [6.45, 7) is 3.56. The Morgan fingerprint density at radius 1 is 1.00 bits per heavy atom. The highest BCUT2D eigenvalue weighted by molar-refractivity contribution is 7.92. The Labute approximate surface area is 247 Å². The van der Waals surface area contributed by atoms with Crippen LogP contribution in [0.3, 0.4) is 0 Å². The number of hydrogen-bond donors (Lipinski definition) is 1. The lowest BCUT2D eigenvalue weighted by Gasteiger charge is -2.32. The summed E-state index contributed by atoms with van der Waals surface area (Å²) >= 11 is 6.21. The van der Waals surface area contributed by atoms with Crippen LogP contribution in [0.15, 0.2) is 83.8 Å². The van der Waals surface area contributed by atoms with Gasteiger partial charge in [-0.15, -0.1) is 0 Å². The van der Waals surface area contributed by atoms with E-state index in [9.17, 15) is 18.0 Å². The number of rotatable bonds is 12. The average Bonchev–Trinajstić information content (AvgIpc) is 3.48. The van der Waals surface area contributed by atoms with Crippen molar-refractivity contribution in [1.82, 2.24) is 10.2 Å². The van der Waals surface area contributed by atoms with Gasteiger partial charge in [-0.2, -0.15) is 0 Å². The van der Waals surface area contributed by atoms with Crippen molar-refractivity contribution in [3.05, 3.63) is 89.4 Å². The number of amides is 2. The molecule has 0 spiro atoms. The van der Waals surface area contributed by atoms with Crippen LogP contribution in [-0.4, -0.2) is 50.4 Å². The van der Waals surface area contributed by atoms with E-state index >= 15 is 0 Å². The number of hydrogen-bond acceptors (Lipinski definition) is 5. The van der Waals surface area contributed by atoms with Crippen LogP contribution in [0.2, 0.25) is 5.02 Å². The summed E-state index contributed by atoms with van der Waals surface area (Å²) in [6, 6.07) is 20.8. The number of nitrogens with one attached hydrogen (secondary N) is 1. The topological polar surface area (TPSA) is 96.0 Å². The van der Waals surface area contributed by atoms with E-state index in [1.54, 1.807) is 67.6 Å². The first-order valence-corrected chi connectivity index (χ1v) is 15.7. The minimum absolute atomic E-state index is 0.0510. The van der Waals surface area contributed by atoms with Crippen LogP contribution in [0.4, 0.5) is 5.69 Å². The number of sulfonamides is 1. The number of anilines is 1. The molecule has 0 aliphatic heterocycles. The van der Waals surface area contributed by atoms with Gasteiger partial charge < -0.3 is 15.0 Å². The smallest absolute Gasteiger partial charge is 0.264 e. The third-order valence-electron chi connectivity index (χ3n) is 7.16. The van der Waals surface area contributed by atoms with Gasteiger partial charge in [0.2, 0.25) is 11.8 Å². The summed E-state index contributed by atoms with van der Waals surface area (Å²) in [5.41, 5.74) is 1.03. The van der Waals surface area contributed by atoms with Crippen LogP contribution in [-0.2, 0) is 26.2 Å². The molecule has 0 saturated heterocycles. The summed E-state index contributed by atoms with van der Waals surface area (Å²) in [5, 5.41) is 3.57. The summed E-state index contributed by atoms with van der Waals surface area (Å²) in [4.78, 5) is 28.8. The second-order valence-electron chi connectivity index (χ2n) is 10.1. The van der Waals surface area contributed by atoms with Crippen LogP contribution < -0.4 is 14.4 Å². The largest absolute Gasteiger partial charge is 0.494 e. The Morgan fingerprint density at radius 2 is 1.68 bits per heavy atom. The number of carbonyl (C=O) groups is 2. The van der Waals surface area contributed by atoms with E-state index in [0.717, 1.165) is 35.6 Å². The first kappa shape index (κ1) is 30.4. The lowest BCUT2D eigenvalue weighted by Crippen LogP contribution is -2.52. The van der Waals surface area contributed by atoms with E-state index in [1.807, 2.05) is 13.0 Å². The summed E-state index contributed by atoms with van der Waals surface area (Å²) in [5.74, 6) is -0.210. The quantitative estimate of drug-likeness (QED) is 0.301. The number of benzene rings is 3. The van der Waals surface area contributed by atoms with Crippen molar-refractivity contribution in [2.45, 2.75) is 63.1 Å². The molecular weight excluding hydrogens is 562 g/mol. The molecule has 0 bridgehead atoms. The first-order chi connectivity index (χ1) is 19.7. The molecule has 4 rings (SSSR count). The zero-order chi connectivity index (χ0) is 29.4. The Balaban J connectivity index is 1.67. The lowest BCUT2D eigenvalue weighted by atomic mass is 10.1. The van der Waals surface area contributed by atoms with Crippen molar-refractivity contribution in [2.24, 2.45) is 0 Å². The molecule has 218 valence electrons. The maximum Gasteiger partial charge on any atom is 0.264 e. The van der Waals surface area contributed by atoms with Crippen molar-refractivity contribution in [3.8, 4) is 5.75 Å². The second-order valence-corrected chi connectivity index (χ2v) is 12.4. The highest BCUT2D eigenvalue weighted by Gasteiger charge is 2.33. The normalized spacial score (nSPS) is 14.3. The summed E-state index contributed by atoms with van der Waals surface area (Å²) < 4.78 is 34.3. The lowest BCUT2D eigenvalue weighted by molar-refractivity contribution is -0.139. The van der Waals surface area contributed by atoms with Gasteiger partial charge in [0.25, 0.3) is 10.0 Å². The Bertz CT molecular complexity index is 1430. The van der Waals surface area contributed by atoms with Crippen LogP contribution >= 0.6 is 11.6 Å². The van der Waals surface area contributed by atoms with Gasteiger partial charge in [-0.1, -0.05) is 54.8 Å². The maximum absolute atomic E-state index is 14.0. The molecule has 2 amide bonds. The minimum atomic E-state index is -4.13. The first-order valence-electron chi connectivity index (χ1n) is 13.8. The molecule has 8 nitrogen and oxygen atoms in total. The molecular formula is C31H36ClN3O5S. The summed E-state index contributed by atoms with van der Waals surface area (Å²) in [6.07, 6.45) is 3.92. The Hall–Kier alpha value is -3.56. The standard InChI is InChI=1S/C31H36ClN3O5S/c1-3-40-28-18-16-27(17-19-28)35(41(38,39)29-14-5-4-6-15-29)22-30(36)34(21-24-10-9-11-25(32)20-24)23(2)31(37)33-26-12-7-8-13-26/h4-6,9-11,14-20,23,26H,3,7-8,12-13,21-22H2,1-2H3,(H,33,37). The van der Waals surface area contributed by atoms with E-state index in [1.165, 1.54) is 17.0 Å². The summed E-state index contributed by atoms with van der Waals surface area (Å²) in [7, 11) is -4.13. The zero-order valence-electron chi connectivity index (χ0n) is 23.3. The number of nitrogens with zero attached hydrogens (tertiary/aromatic N) is 2. The fourth-order valence-electron chi connectivity index (χ4n) is 4.93. The van der Waals surface area contributed by atoms with Gasteiger partial charge in [0.1, 0.15) is 18.3 Å². The third-order valence-corrected chi connectivity index (χ3v) is 9.18. The van der Waals surface area contributed by atoms with E-state index in [2.05, 4.69) is 5.32 Å². The molecule has 10 heteroatoms. The Kier molecular flexibility index (Phi) is 10.3. The van der Waals surface area contributed by atoms with Crippen LogP contribution in [0, 0.1) is 0 Å². The van der Waals surface area contributed by atoms with Crippen LogP contribution in [0.1, 0.15) is 45.1 Å². The molecule has 1 aliphatic carbocycles. The molecule has 3 aromatic rings. The predicted octanol–water partition coefficient (Wildman–Crippen LogP) is 5.41. The molecule has 1 fully saturated rings. The number of carbonyl (C=O) groups excluding carboxylic acids is 2. The SMILES string of the molecule is CCOc1ccc(N(CC(=O)N(Cc2cccc(Cl)c2)C(C)C(=O)NC2CCCC2)S(=O)(=O)c2ccccc2)cc1. The maximum atomic E-state index is 14.0. The van der Waals surface area contributed by atoms with Gasteiger partial charge in [-0.3, -0.25) is 13.9 Å². The van der Waals surface area contributed by atoms with Crippen molar-refractivity contribution in [3.63, 3.8) is 0 Å². The molecule has 1 unspecified atom stereocenters. The van der Waals surface area contributed by atoms with E-state index < -0.39 is 28.5 Å². The number of halogens is 1. The molecule has 1 aliphatic rings. The minimum Gasteiger partial charge on any atom is -0.494 e. The number of ether oxygens (including phenoxy) is 1. The monoisotopic (exact) mass is 597 g/mol. The second kappa shape index (κ2) is 13.9. The zero-order valence-corrected chi connectivity index (χ0v) is 24.9. The highest BCUT2D eigenvalue weighted by atomic mass is 35.5. The van der Waals surface area contributed by atoms with Crippen molar-refractivity contribution in [2.75, 3.05) is 17.5 Å². The van der Waals surface area contributed by atoms with Gasteiger partial charge >= 0.3 is 0 Å². The predicted molar refractivity (Wildman–Crippen MR) is 160 cm³/mol. The van der Waals surface area contributed by atoms with E-state index in [-0.39, 0.29) is 23.4 Å². The van der Waals surface area contributed by atoms with Gasteiger partial charge in [-0.05, 0) is 80.8 Å². The molecule has 1 atom stereocenters. The van der Waals surface area contributed by atoms with Crippen LogP contribution in [0.5, 0.6) is 5.75 Å². The molecule has 0 aromatic heterocycles. The fourth-order valence-corrected chi connectivity index (χ4v) is 6.58. The van der Waals surface area contributed by atoms with Gasteiger partial charge in [0, 0.05) is 17.6 Å². The third kappa shape index (κ3) is 7.80.